The van der Waals surface area contributed by atoms with E-state index in [0.717, 1.165) is 43.2 Å². The number of aryl methyl sites for hydroxylation is 2. The van der Waals surface area contributed by atoms with Crippen molar-refractivity contribution in [2.75, 3.05) is 0 Å². The molecular formula is C38H55Br2FN2S3. The van der Waals surface area contributed by atoms with Crippen LogP contribution in [0.4, 0.5) is 4.39 Å². The van der Waals surface area contributed by atoms with E-state index in [0.29, 0.717) is 0 Å². The van der Waals surface area contributed by atoms with Gasteiger partial charge >= 0.3 is 0 Å². The van der Waals surface area contributed by atoms with E-state index in [4.69, 9.17) is 4.40 Å². The molecule has 2 nitrogen and oxygen atoms in total. The summed E-state index contributed by atoms with van der Waals surface area (Å²) in [6.07, 6.45) is 30.7. The third kappa shape index (κ3) is 12.0. The number of thiophene rings is 2. The van der Waals surface area contributed by atoms with Crippen LogP contribution < -0.4 is 4.72 Å². The van der Waals surface area contributed by atoms with Gasteiger partial charge in [-0.15, -0.1) is 22.7 Å². The van der Waals surface area contributed by atoms with Crippen LogP contribution in [0, 0.1) is 0 Å². The molecule has 1 atom stereocenters. The third-order valence-electron chi connectivity index (χ3n) is 9.33. The Bertz CT molecular complexity index is 1290. The predicted octanol–water partition coefficient (Wildman–Crippen LogP) is 15.0. The van der Waals surface area contributed by atoms with Crippen molar-refractivity contribution in [2.45, 2.75) is 161 Å². The summed E-state index contributed by atoms with van der Waals surface area (Å²) < 4.78 is 26.5. The van der Waals surface area contributed by atoms with Gasteiger partial charge < -0.3 is 0 Å². The second kappa shape index (κ2) is 21.8. The highest BCUT2D eigenvalue weighted by atomic mass is 79.9. The van der Waals surface area contributed by atoms with E-state index in [9.17, 15) is 0 Å². The summed E-state index contributed by atoms with van der Waals surface area (Å²) >= 11 is 12.3. The van der Waals surface area contributed by atoms with Crippen molar-refractivity contribution in [3.05, 3.63) is 52.5 Å². The minimum absolute atomic E-state index is 0.144. The van der Waals surface area contributed by atoms with E-state index in [-0.39, 0.29) is 11.9 Å². The second-order valence-corrected chi connectivity index (χ2v) is 18.5. The first-order valence-electron chi connectivity index (χ1n) is 18.2. The van der Waals surface area contributed by atoms with Gasteiger partial charge in [-0.3, -0.25) is 0 Å². The summed E-state index contributed by atoms with van der Waals surface area (Å²) in [5.41, 5.74) is 5.24. The van der Waals surface area contributed by atoms with E-state index in [1.165, 1.54) is 155 Å². The Morgan fingerprint density at radius 2 is 1.09 bits per heavy atom. The molecule has 0 radical (unpaired) electrons. The smallest absolute Gasteiger partial charge is 0.130 e. The van der Waals surface area contributed by atoms with E-state index in [1.54, 1.807) is 28.7 Å². The molecule has 0 spiro atoms. The van der Waals surface area contributed by atoms with Crippen molar-refractivity contribution < 1.29 is 4.39 Å². The van der Waals surface area contributed by atoms with Crippen molar-refractivity contribution in [1.82, 2.24) is 4.72 Å². The fourth-order valence-electron chi connectivity index (χ4n) is 6.54. The number of allylic oxidation sites excluding steroid dienone is 2. The van der Waals surface area contributed by atoms with E-state index < -0.39 is 0 Å². The molecule has 1 aliphatic carbocycles. The van der Waals surface area contributed by atoms with Crippen LogP contribution in [0.2, 0.25) is 0 Å². The van der Waals surface area contributed by atoms with Gasteiger partial charge in [0.1, 0.15) is 5.83 Å². The molecule has 8 heteroatoms. The van der Waals surface area contributed by atoms with Gasteiger partial charge in [-0.1, -0.05) is 129 Å². The minimum atomic E-state index is -0.230. The molecule has 1 N–H and O–H groups in total. The van der Waals surface area contributed by atoms with Crippen LogP contribution in [0.25, 0.3) is 11.1 Å². The lowest BCUT2D eigenvalue weighted by molar-refractivity contribution is 0.556. The summed E-state index contributed by atoms with van der Waals surface area (Å²) in [5, 5.41) is 0. The first-order valence-corrected chi connectivity index (χ1v) is 22.2. The number of rotatable bonds is 24. The predicted molar refractivity (Wildman–Crippen MR) is 213 cm³/mol. The maximum Gasteiger partial charge on any atom is 0.130 e. The average molecular weight is 815 g/mol. The highest BCUT2D eigenvalue weighted by molar-refractivity contribution is 9.11. The highest BCUT2D eigenvalue weighted by Crippen LogP contribution is 2.45. The topological polar surface area (TPSA) is 24.4 Å². The molecule has 1 aliphatic heterocycles. The summed E-state index contributed by atoms with van der Waals surface area (Å²) in [4.78, 5) is 2.11. The van der Waals surface area contributed by atoms with Crippen molar-refractivity contribution in [3.63, 3.8) is 0 Å². The van der Waals surface area contributed by atoms with Crippen LogP contribution in [0.5, 0.6) is 0 Å². The Hall–Kier alpha value is -0.250. The molecule has 256 valence electrons. The van der Waals surface area contributed by atoms with E-state index in [1.807, 2.05) is 0 Å². The van der Waals surface area contributed by atoms with Crippen molar-refractivity contribution in [2.24, 2.45) is 4.40 Å². The lowest BCUT2D eigenvalue weighted by Gasteiger charge is -2.22. The summed E-state index contributed by atoms with van der Waals surface area (Å²) in [6, 6.07) is 4.25. The van der Waals surface area contributed by atoms with Gasteiger partial charge in [0.25, 0.3) is 0 Å². The molecular weight excluding hydrogens is 759 g/mol. The average Bonchev–Trinajstić information content (AvgIpc) is 3.77. The van der Waals surface area contributed by atoms with Crippen molar-refractivity contribution in [3.8, 4) is 0 Å². The number of unbranched alkanes of at least 4 members (excludes halogenated alkanes) is 18. The van der Waals surface area contributed by atoms with Gasteiger partial charge in [-0.05, 0) is 86.9 Å². The van der Waals surface area contributed by atoms with Crippen LogP contribution in [-0.4, -0.2) is 11.8 Å². The summed E-state index contributed by atoms with van der Waals surface area (Å²) in [7, 11) is 0. The van der Waals surface area contributed by atoms with Crippen LogP contribution in [0.1, 0.15) is 163 Å². The molecule has 3 heterocycles. The van der Waals surface area contributed by atoms with Crippen LogP contribution in [0.3, 0.4) is 0 Å². The molecule has 0 aromatic carbocycles. The lowest BCUT2D eigenvalue weighted by Crippen LogP contribution is -2.32. The molecule has 0 saturated heterocycles. The molecule has 2 aromatic heterocycles. The quantitative estimate of drug-likeness (QED) is 0.0843. The van der Waals surface area contributed by atoms with Gasteiger partial charge in [0.15, 0.2) is 0 Å². The normalized spacial score (nSPS) is 16.3. The van der Waals surface area contributed by atoms with Crippen LogP contribution >= 0.6 is 66.7 Å². The first-order chi connectivity index (χ1) is 22.5. The van der Waals surface area contributed by atoms with E-state index >= 15 is 4.39 Å². The molecule has 2 aromatic rings. The summed E-state index contributed by atoms with van der Waals surface area (Å²) in [5.74, 6) is -0.144. The Morgan fingerprint density at radius 3 is 1.59 bits per heavy atom. The number of fused-ring (bicyclic) bond motifs is 1. The molecule has 4 rings (SSSR count). The zero-order chi connectivity index (χ0) is 32.6. The maximum absolute atomic E-state index is 16.0. The fraction of sp³-hybridized carbons (Fsp3) is 0.658. The van der Waals surface area contributed by atoms with Gasteiger partial charge in [-0.25, -0.2) is 13.5 Å². The summed E-state index contributed by atoms with van der Waals surface area (Å²) in [6.45, 7) is 4.56. The SMILES string of the molecule is CCCCCCCCCCCCc1cc(C2=CC(F)=C(c3cc(CCCCCCCCCCCC)c(Br)s3)C3NSN=C23)sc1Br. The van der Waals surface area contributed by atoms with Gasteiger partial charge in [0, 0.05) is 20.9 Å². The maximum atomic E-state index is 16.0. The molecule has 2 aliphatic rings. The second-order valence-electron chi connectivity index (χ2n) is 13.1. The zero-order valence-corrected chi connectivity index (χ0v) is 33.8. The molecule has 1 unspecified atom stereocenters. The van der Waals surface area contributed by atoms with Crippen molar-refractivity contribution in [1.29, 1.82) is 0 Å². The van der Waals surface area contributed by atoms with Gasteiger partial charge in [-0.2, -0.15) is 0 Å². The fourth-order valence-corrected chi connectivity index (χ4v) is 10.9. The Morgan fingerprint density at radius 1 is 0.652 bits per heavy atom. The van der Waals surface area contributed by atoms with Gasteiger partial charge in [0.2, 0.25) is 0 Å². The number of hydrogen-bond donors (Lipinski definition) is 1. The van der Waals surface area contributed by atoms with Crippen LogP contribution in [-0.2, 0) is 12.8 Å². The standard InChI is InChI=1S/C38H55Br2FN2S3/c1-3-5-7-9-11-13-15-17-19-21-23-28-25-32(44-37(28)39)30-27-31(41)34(36-35(30)42-46-43-36)33-26-29(38(40)45-33)24-22-20-18-16-14-12-10-8-6-4-2/h25-27,36,43H,3-24H2,1-2H3. The molecule has 0 saturated carbocycles. The monoisotopic (exact) mass is 812 g/mol. The molecule has 0 bridgehead atoms. The number of hydrogen-bond acceptors (Lipinski definition) is 5. The molecule has 46 heavy (non-hydrogen) atoms. The molecule has 0 amide bonds. The van der Waals surface area contributed by atoms with Crippen molar-refractivity contribution >= 4 is 83.5 Å². The van der Waals surface area contributed by atoms with Gasteiger partial charge in [0.05, 0.1) is 31.5 Å². The third-order valence-corrected chi connectivity index (χ3v) is 13.9. The van der Waals surface area contributed by atoms with E-state index in [2.05, 4.69) is 62.6 Å². The highest BCUT2D eigenvalue weighted by Gasteiger charge is 2.37. The Kier molecular flexibility index (Phi) is 18.2. The molecule has 0 fully saturated rings. The first kappa shape index (κ1) is 38.6. The largest absolute Gasteiger partial charge is 0.231 e. The minimum Gasteiger partial charge on any atom is -0.231 e. The Balaban J connectivity index is 1.29. The Labute approximate surface area is 308 Å². The van der Waals surface area contributed by atoms with Crippen LogP contribution in [0.15, 0.2) is 36.0 Å². The number of nitrogens with zero attached hydrogens (tertiary/aromatic N) is 1. The lowest BCUT2D eigenvalue weighted by atomic mass is 9.89. The zero-order valence-electron chi connectivity index (χ0n) is 28.2. The number of nitrogens with one attached hydrogen (secondary N) is 1. The number of halogens is 3.